The number of thiazole rings is 1. The lowest BCUT2D eigenvalue weighted by Crippen LogP contribution is -2.48. The summed E-state index contributed by atoms with van der Waals surface area (Å²) < 4.78 is 39.5. The second-order valence-electron chi connectivity index (χ2n) is 10.1. The minimum Gasteiger partial charge on any atom is -0.495 e. The second kappa shape index (κ2) is 12.7. The third-order valence-electron chi connectivity index (χ3n) is 7.57. The first-order valence-corrected chi connectivity index (χ1v) is 16.0. The Bertz CT molecular complexity index is 1370. The van der Waals surface area contributed by atoms with E-state index in [9.17, 15) is 13.2 Å². The first-order valence-electron chi connectivity index (χ1n) is 13.8. The minimum atomic E-state index is -3.52. The number of amides is 1. The number of carbonyl (C=O) groups is 1. The zero-order valence-corrected chi connectivity index (χ0v) is 24.7. The van der Waals surface area contributed by atoms with Crippen LogP contribution in [0.15, 0.2) is 41.3 Å². The van der Waals surface area contributed by atoms with E-state index in [0.717, 1.165) is 85.3 Å². The number of methoxy groups -OCH3 is 2. The number of sulfonamides is 1. The van der Waals surface area contributed by atoms with Crippen molar-refractivity contribution >= 4 is 42.6 Å². The maximum absolute atomic E-state index is 13.0. The SMILES string of the molecule is COc1ccc(OC)c2sc(N3CCN(CCNC(=O)c4ccc(S(=O)(=O)N5CCCCCC5)cc4)CC3)nc12. The Morgan fingerprint density at radius 3 is 2.20 bits per heavy atom. The molecule has 216 valence electrons. The van der Waals surface area contributed by atoms with E-state index in [1.165, 1.54) is 0 Å². The van der Waals surface area contributed by atoms with Crippen molar-refractivity contribution in [3.05, 3.63) is 42.0 Å². The third-order valence-corrected chi connectivity index (χ3v) is 10.6. The summed E-state index contributed by atoms with van der Waals surface area (Å²) in [6, 6.07) is 10.1. The van der Waals surface area contributed by atoms with E-state index in [2.05, 4.69) is 15.1 Å². The summed E-state index contributed by atoms with van der Waals surface area (Å²) in [5.74, 6) is 1.33. The smallest absolute Gasteiger partial charge is 0.251 e. The van der Waals surface area contributed by atoms with E-state index in [1.807, 2.05) is 12.1 Å². The fraction of sp³-hybridized carbons (Fsp3) is 0.500. The standard InChI is InChI=1S/C28H37N5O5S2/c1-37-23-11-12-24(38-2)26-25(23)30-28(39-26)32-19-17-31(18-20-32)16-13-29-27(34)21-7-9-22(10-8-21)40(35,36)33-14-5-3-4-6-15-33/h7-12H,3-6,13-20H2,1-2H3,(H,29,34). The van der Waals surface area contributed by atoms with Gasteiger partial charge >= 0.3 is 0 Å². The molecule has 2 fully saturated rings. The van der Waals surface area contributed by atoms with Crippen molar-refractivity contribution in [3.8, 4) is 11.5 Å². The number of fused-ring (bicyclic) bond motifs is 1. The Morgan fingerprint density at radius 1 is 0.900 bits per heavy atom. The van der Waals surface area contributed by atoms with Crippen LogP contribution < -0.4 is 19.7 Å². The number of hydrogen-bond donors (Lipinski definition) is 1. The molecule has 0 unspecified atom stereocenters. The number of aromatic nitrogens is 1. The minimum absolute atomic E-state index is 0.199. The Morgan fingerprint density at radius 2 is 1.55 bits per heavy atom. The van der Waals surface area contributed by atoms with Crippen LogP contribution in [0.5, 0.6) is 11.5 Å². The van der Waals surface area contributed by atoms with Gasteiger partial charge in [0, 0.05) is 57.9 Å². The molecule has 0 spiro atoms. The Balaban J connectivity index is 1.10. The number of ether oxygens (including phenoxy) is 2. The van der Waals surface area contributed by atoms with Crippen LogP contribution in [0.3, 0.4) is 0 Å². The number of nitrogens with zero attached hydrogens (tertiary/aromatic N) is 4. The molecule has 1 N–H and O–H groups in total. The Labute approximate surface area is 239 Å². The van der Waals surface area contributed by atoms with E-state index >= 15 is 0 Å². The monoisotopic (exact) mass is 587 g/mol. The van der Waals surface area contributed by atoms with E-state index in [4.69, 9.17) is 14.5 Å². The number of nitrogens with one attached hydrogen (secondary N) is 1. The van der Waals surface area contributed by atoms with Crippen molar-refractivity contribution in [3.63, 3.8) is 0 Å². The molecular formula is C28H37N5O5S2. The molecule has 3 aromatic rings. The predicted octanol–water partition coefficient (Wildman–Crippen LogP) is 3.43. The first kappa shape index (κ1) is 28.6. The van der Waals surface area contributed by atoms with Crippen molar-refractivity contribution in [2.24, 2.45) is 0 Å². The van der Waals surface area contributed by atoms with Gasteiger partial charge in [0.15, 0.2) is 5.13 Å². The van der Waals surface area contributed by atoms with E-state index < -0.39 is 10.0 Å². The highest BCUT2D eigenvalue weighted by molar-refractivity contribution is 7.89. The molecule has 2 saturated heterocycles. The van der Waals surface area contributed by atoms with Crippen LogP contribution >= 0.6 is 11.3 Å². The van der Waals surface area contributed by atoms with Gasteiger partial charge in [0.25, 0.3) is 5.91 Å². The molecule has 0 atom stereocenters. The molecule has 0 radical (unpaired) electrons. The number of rotatable bonds is 9. The fourth-order valence-corrected chi connectivity index (χ4v) is 7.85. The molecule has 0 bridgehead atoms. The first-order chi connectivity index (χ1) is 19.4. The average Bonchev–Trinajstić information content (AvgIpc) is 3.24. The van der Waals surface area contributed by atoms with Crippen LogP contribution in [0.25, 0.3) is 10.2 Å². The highest BCUT2D eigenvalue weighted by Gasteiger charge is 2.26. The number of carbonyl (C=O) groups excluding carboxylic acids is 1. The highest BCUT2D eigenvalue weighted by Crippen LogP contribution is 2.40. The maximum Gasteiger partial charge on any atom is 0.251 e. The van der Waals surface area contributed by atoms with Gasteiger partial charge in [-0.25, -0.2) is 13.4 Å². The van der Waals surface area contributed by atoms with Crippen molar-refractivity contribution in [1.82, 2.24) is 19.5 Å². The summed E-state index contributed by atoms with van der Waals surface area (Å²) in [7, 11) is -0.215. The van der Waals surface area contributed by atoms with Crippen molar-refractivity contribution in [1.29, 1.82) is 0 Å². The number of benzene rings is 2. The molecular weight excluding hydrogens is 550 g/mol. The normalized spacial score (nSPS) is 17.5. The topological polar surface area (TPSA) is 104 Å². The average molecular weight is 588 g/mol. The largest absolute Gasteiger partial charge is 0.495 e. The van der Waals surface area contributed by atoms with Gasteiger partial charge in [0.2, 0.25) is 10.0 Å². The third kappa shape index (κ3) is 6.19. The Kier molecular flexibility index (Phi) is 9.09. The van der Waals surface area contributed by atoms with Crippen LogP contribution in [-0.2, 0) is 10.0 Å². The van der Waals surface area contributed by atoms with Gasteiger partial charge < -0.3 is 19.7 Å². The predicted molar refractivity (Wildman–Crippen MR) is 157 cm³/mol. The maximum atomic E-state index is 13.0. The van der Waals surface area contributed by atoms with Crippen LogP contribution in [0.2, 0.25) is 0 Å². The fourth-order valence-electron chi connectivity index (χ4n) is 5.21. The van der Waals surface area contributed by atoms with E-state index in [1.54, 1.807) is 54.1 Å². The van der Waals surface area contributed by atoms with Crippen LogP contribution in [0, 0.1) is 0 Å². The molecule has 40 heavy (non-hydrogen) atoms. The van der Waals surface area contributed by atoms with Gasteiger partial charge in [-0.2, -0.15) is 4.31 Å². The van der Waals surface area contributed by atoms with Crippen LogP contribution in [0.1, 0.15) is 36.0 Å². The molecule has 1 amide bonds. The van der Waals surface area contributed by atoms with Gasteiger partial charge in [-0.15, -0.1) is 0 Å². The lowest BCUT2D eigenvalue weighted by molar-refractivity contribution is 0.0947. The van der Waals surface area contributed by atoms with Crippen LogP contribution in [0.4, 0.5) is 5.13 Å². The number of hydrogen-bond acceptors (Lipinski definition) is 9. The summed E-state index contributed by atoms with van der Waals surface area (Å²) in [6.45, 7) is 5.78. The van der Waals surface area contributed by atoms with Gasteiger partial charge in [-0.1, -0.05) is 24.2 Å². The zero-order chi connectivity index (χ0) is 28.1. The van der Waals surface area contributed by atoms with Crippen molar-refractivity contribution in [2.75, 3.05) is 71.5 Å². The van der Waals surface area contributed by atoms with E-state index in [0.29, 0.717) is 25.2 Å². The molecule has 2 aliphatic heterocycles. The van der Waals surface area contributed by atoms with Gasteiger partial charge in [0.1, 0.15) is 21.7 Å². The summed E-state index contributed by atoms with van der Waals surface area (Å²) >= 11 is 1.61. The van der Waals surface area contributed by atoms with Crippen molar-refractivity contribution in [2.45, 2.75) is 30.6 Å². The summed E-state index contributed by atoms with van der Waals surface area (Å²) in [4.78, 5) is 22.4. The molecule has 3 heterocycles. The van der Waals surface area contributed by atoms with Gasteiger partial charge in [-0.3, -0.25) is 9.69 Å². The molecule has 2 aromatic carbocycles. The van der Waals surface area contributed by atoms with Gasteiger partial charge in [0.05, 0.1) is 19.1 Å². The van der Waals surface area contributed by atoms with Crippen molar-refractivity contribution < 1.29 is 22.7 Å². The molecule has 5 rings (SSSR count). The molecule has 2 aliphatic rings. The van der Waals surface area contributed by atoms with Crippen LogP contribution in [-0.4, -0.2) is 95.1 Å². The second-order valence-corrected chi connectivity index (χ2v) is 13.0. The molecule has 0 aliphatic carbocycles. The summed E-state index contributed by atoms with van der Waals surface area (Å²) in [5.41, 5.74) is 1.28. The van der Waals surface area contributed by atoms with E-state index in [-0.39, 0.29) is 10.8 Å². The number of anilines is 1. The lowest BCUT2D eigenvalue weighted by Gasteiger charge is -2.34. The molecule has 10 nitrogen and oxygen atoms in total. The quantitative estimate of drug-likeness (QED) is 0.406. The zero-order valence-electron chi connectivity index (χ0n) is 23.1. The number of piperazine rings is 1. The molecule has 1 aromatic heterocycles. The van der Waals surface area contributed by atoms with Gasteiger partial charge in [-0.05, 0) is 49.2 Å². The Hall–Kier alpha value is -2.93. The lowest BCUT2D eigenvalue weighted by atomic mass is 10.2. The highest BCUT2D eigenvalue weighted by atomic mass is 32.2. The molecule has 12 heteroatoms. The summed E-state index contributed by atoms with van der Waals surface area (Å²) in [5, 5.41) is 3.92. The summed E-state index contributed by atoms with van der Waals surface area (Å²) in [6.07, 6.45) is 3.91. The molecule has 0 saturated carbocycles.